The minimum atomic E-state index is -5.03. The number of anilines is 1. The first-order chi connectivity index (χ1) is 20.4. The van der Waals surface area contributed by atoms with Crippen molar-refractivity contribution in [2.45, 2.75) is 25.5 Å². The molecule has 44 heavy (non-hydrogen) atoms. The molecule has 4 amide bonds. The number of nitrogens with one attached hydrogen (secondary N) is 3. The van der Waals surface area contributed by atoms with Crippen LogP contribution in [0.5, 0.6) is 5.75 Å². The second kappa shape index (κ2) is 11.3. The Morgan fingerprint density at radius 1 is 1.27 bits per heavy atom. The molecule has 4 rings (SSSR count). The normalized spacial score (nSPS) is 15.4. The van der Waals surface area contributed by atoms with Gasteiger partial charge in [0.15, 0.2) is 22.4 Å². The van der Waals surface area contributed by atoms with E-state index in [1.807, 2.05) is 0 Å². The molecule has 23 heteroatoms. The number of H-pyrrole nitrogens is 1. The van der Waals surface area contributed by atoms with Gasteiger partial charge in [-0.2, -0.15) is 8.42 Å². The number of nitrogen functional groups attached to an aromatic ring is 1. The molecule has 7 N–H and O–H groups in total. The van der Waals surface area contributed by atoms with Gasteiger partial charge in [-0.05, 0) is 13.8 Å². The van der Waals surface area contributed by atoms with Crippen molar-refractivity contribution in [2.24, 2.45) is 12.2 Å². The lowest BCUT2D eigenvalue weighted by Gasteiger charge is -2.36. The van der Waals surface area contributed by atoms with Crippen LogP contribution in [0, 0.1) is 0 Å². The van der Waals surface area contributed by atoms with Crippen LogP contribution in [-0.4, -0.2) is 95.0 Å². The van der Waals surface area contributed by atoms with Gasteiger partial charge in [0.2, 0.25) is 11.0 Å². The molecule has 0 spiro atoms. The monoisotopic (exact) mass is 654 g/mol. The molecule has 3 aromatic rings. The van der Waals surface area contributed by atoms with Crippen molar-refractivity contribution < 1.29 is 42.6 Å². The molecule has 1 atom stereocenters. The number of urea groups is 1. The summed E-state index contributed by atoms with van der Waals surface area (Å²) in [6.45, 7) is 1.81. The highest BCUT2D eigenvalue weighted by atomic mass is 32.2. The van der Waals surface area contributed by atoms with Crippen LogP contribution < -0.4 is 26.9 Å². The number of imide groups is 1. The number of β-lactam (4-membered cyclic amide) rings is 1. The molecule has 0 radical (unpaired) electrons. The number of carboxylic acids is 1. The zero-order chi connectivity index (χ0) is 32.7. The number of carboxylic acid groups (broad SMARTS) is 1. The highest BCUT2D eigenvalue weighted by Crippen LogP contribution is 2.17. The highest BCUT2D eigenvalue weighted by Gasteiger charge is 2.44. The Morgan fingerprint density at radius 3 is 2.52 bits per heavy atom. The van der Waals surface area contributed by atoms with Gasteiger partial charge in [-0.25, -0.2) is 24.1 Å². The number of pyridine rings is 1. The Hall–Kier alpha value is -5.58. The van der Waals surface area contributed by atoms with E-state index in [0.717, 1.165) is 49.1 Å². The van der Waals surface area contributed by atoms with Gasteiger partial charge in [0.05, 0.1) is 12.2 Å². The Kier molecular flexibility index (Phi) is 8.02. The van der Waals surface area contributed by atoms with E-state index >= 15 is 0 Å². The van der Waals surface area contributed by atoms with E-state index in [1.165, 1.54) is 10.1 Å². The summed E-state index contributed by atoms with van der Waals surface area (Å²) in [6, 6.07) is -1.97. The van der Waals surface area contributed by atoms with Crippen LogP contribution >= 0.6 is 11.3 Å². The Labute approximate surface area is 248 Å². The van der Waals surface area contributed by atoms with E-state index in [4.69, 9.17) is 10.6 Å². The number of likely N-dealkylation sites (tertiary alicyclic amines) is 1. The SMILES string of the molecule is Cn1c(-c2cc(=O)c(O)c[nH]2)nn(S(=O)(=O)NC(=O)N2CC(NC(=O)/C(=N/OC(C)(C)C(=O)O)c3csc(N)n3)C2=O)c1=O. The minimum Gasteiger partial charge on any atom is -0.503 e. The Bertz CT molecular complexity index is 1950. The van der Waals surface area contributed by atoms with Crippen LogP contribution in [0.15, 0.2) is 32.4 Å². The first kappa shape index (κ1) is 31.4. The van der Waals surface area contributed by atoms with Crippen LogP contribution in [0.25, 0.3) is 11.5 Å². The van der Waals surface area contributed by atoms with Crippen molar-refractivity contribution in [3.8, 4) is 17.3 Å². The summed E-state index contributed by atoms with van der Waals surface area (Å²) < 4.78 is 27.7. The van der Waals surface area contributed by atoms with Crippen molar-refractivity contribution in [3.05, 3.63) is 44.0 Å². The first-order valence-corrected chi connectivity index (χ1v) is 14.2. The molecule has 0 aliphatic carbocycles. The lowest BCUT2D eigenvalue weighted by molar-refractivity contribution is -0.161. The van der Waals surface area contributed by atoms with Crippen LogP contribution in [0.1, 0.15) is 19.5 Å². The van der Waals surface area contributed by atoms with Crippen LogP contribution in [-0.2, 0) is 36.5 Å². The van der Waals surface area contributed by atoms with Gasteiger partial charge < -0.3 is 31.1 Å². The van der Waals surface area contributed by atoms with E-state index < -0.39 is 74.8 Å². The molecule has 1 saturated heterocycles. The third-order valence-corrected chi connectivity index (χ3v) is 7.67. The molecule has 0 saturated carbocycles. The zero-order valence-electron chi connectivity index (χ0n) is 22.7. The quantitative estimate of drug-likeness (QED) is 0.0766. The summed E-state index contributed by atoms with van der Waals surface area (Å²) in [6.07, 6.45) is 0.896. The van der Waals surface area contributed by atoms with Gasteiger partial charge in [0, 0.05) is 24.7 Å². The number of carbonyl (C=O) groups is 4. The number of aliphatic carboxylic acids is 1. The number of hydrogen-bond acceptors (Lipinski definition) is 15. The molecule has 0 aromatic carbocycles. The number of aromatic hydroxyl groups is 1. The smallest absolute Gasteiger partial charge is 0.361 e. The molecule has 0 bridgehead atoms. The molecule has 3 aromatic heterocycles. The molecule has 1 unspecified atom stereocenters. The minimum absolute atomic E-state index is 0.0391. The number of amides is 4. The van der Waals surface area contributed by atoms with Crippen molar-refractivity contribution in [1.29, 1.82) is 0 Å². The van der Waals surface area contributed by atoms with Gasteiger partial charge in [-0.1, -0.05) is 9.24 Å². The van der Waals surface area contributed by atoms with Crippen LogP contribution in [0.4, 0.5) is 9.93 Å². The maximum absolute atomic E-state index is 12.9. The summed E-state index contributed by atoms with van der Waals surface area (Å²) in [5.41, 5.74) is 0.870. The van der Waals surface area contributed by atoms with E-state index in [0.29, 0.717) is 4.90 Å². The summed E-state index contributed by atoms with van der Waals surface area (Å²) in [7, 11) is -3.91. The second-order valence-corrected chi connectivity index (χ2v) is 11.8. The van der Waals surface area contributed by atoms with Gasteiger partial charge in [0.1, 0.15) is 11.7 Å². The van der Waals surface area contributed by atoms with Gasteiger partial charge in [-0.15, -0.1) is 16.4 Å². The zero-order valence-corrected chi connectivity index (χ0v) is 24.3. The molecule has 1 aliphatic heterocycles. The van der Waals surface area contributed by atoms with Crippen molar-refractivity contribution in [3.63, 3.8) is 0 Å². The fraction of sp³-hybridized carbons (Fsp3) is 0.286. The number of hydrogen-bond donors (Lipinski definition) is 6. The number of nitrogens with zero attached hydrogens (tertiary/aromatic N) is 6. The summed E-state index contributed by atoms with van der Waals surface area (Å²) >= 11 is 0.932. The maximum atomic E-state index is 12.9. The Morgan fingerprint density at radius 2 is 1.95 bits per heavy atom. The van der Waals surface area contributed by atoms with E-state index in [9.17, 15) is 47.4 Å². The standard InChI is InChI=1S/C21H22N10O11S2/c1-21(2,17(36)37)42-27-13(10-7-43-18(22)25-10)15(34)24-9-6-30(16(9)35)19(38)28-44(40,41)31-20(39)29(3)14(26-31)8-4-11(32)12(33)5-23-8/h4-5,7,9,33H,6H2,1-3H3,(H2,22,25)(H,23,32)(H,24,34)(H,28,38)(H,36,37)/b27-13+. The first-order valence-electron chi connectivity index (χ1n) is 11.9. The fourth-order valence-electron chi connectivity index (χ4n) is 3.35. The number of nitrogens with two attached hydrogens (primary N) is 1. The maximum Gasteiger partial charge on any atom is 0.361 e. The number of carbonyl (C=O) groups excluding carboxylic acids is 3. The van der Waals surface area contributed by atoms with Crippen molar-refractivity contribution in [1.82, 2.24) is 38.7 Å². The third kappa shape index (κ3) is 5.98. The second-order valence-electron chi connectivity index (χ2n) is 9.41. The highest BCUT2D eigenvalue weighted by molar-refractivity contribution is 7.88. The molecule has 1 fully saturated rings. The number of thiazole rings is 1. The summed E-state index contributed by atoms with van der Waals surface area (Å²) in [5.74, 6) is -4.49. The largest absolute Gasteiger partial charge is 0.503 e. The topological polar surface area (TPSA) is 303 Å². The molecular formula is C21H22N10O11S2. The van der Waals surface area contributed by atoms with E-state index in [1.54, 1.807) is 0 Å². The third-order valence-electron chi connectivity index (χ3n) is 5.87. The average Bonchev–Trinajstić information content (AvgIpc) is 3.50. The average molecular weight is 655 g/mol. The lowest BCUT2D eigenvalue weighted by atomic mass is 10.1. The number of rotatable bonds is 9. The van der Waals surface area contributed by atoms with Gasteiger partial charge >= 0.3 is 27.9 Å². The molecule has 21 nitrogen and oxygen atoms in total. The van der Waals surface area contributed by atoms with Gasteiger partial charge in [0.25, 0.3) is 11.8 Å². The molecule has 1 aliphatic rings. The van der Waals surface area contributed by atoms with Crippen LogP contribution in [0.3, 0.4) is 0 Å². The summed E-state index contributed by atoms with van der Waals surface area (Å²) in [4.78, 5) is 85.5. The Balaban J connectivity index is 1.46. The van der Waals surface area contributed by atoms with Gasteiger partial charge in [-0.3, -0.25) is 23.9 Å². The molecular weight excluding hydrogens is 632 g/mol. The van der Waals surface area contributed by atoms with Crippen LogP contribution in [0.2, 0.25) is 0 Å². The van der Waals surface area contributed by atoms with E-state index in [-0.39, 0.29) is 26.4 Å². The number of oxime groups is 1. The van der Waals surface area contributed by atoms with Crippen molar-refractivity contribution >= 4 is 56.2 Å². The molecule has 234 valence electrons. The predicted molar refractivity (Wildman–Crippen MR) is 148 cm³/mol. The number of aromatic nitrogens is 5. The summed E-state index contributed by atoms with van der Waals surface area (Å²) in [5, 5.41) is 29.4. The van der Waals surface area contributed by atoms with Crippen molar-refractivity contribution in [2.75, 3.05) is 12.3 Å². The molecule has 4 heterocycles. The fourth-order valence-corrected chi connectivity index (χ4v) is 4.83. The number of aromatic amines is 1. The lowest BCUT2D eigenvalue weighted by Crippen LogP contribution is -2.68. The van der Waals surface area contributed by atoms with E-state index in [2.05, 4.69) is 25.5 Å². The predicted octanol–water partition coefficient (Wildman–Crippen LogP) is -2.90.